The van der Waals surface area contributed by atoms with Crippen LogP contribution in [0.25, 0.3) is 11.0 Å². The second-order valence-corrected chi connectivity index (χ2v) is 5.21. The highest BCUT2D eigenvalue weighted by Crippen LogP contribution is 2.22. The van der Waals surface area contributed by atoms with E-state index in [2.05, 4.69) is 10.1 Å². The van der Waals surface area contributed by atoms with Crippen molar-refractivity contribution in [2.45, 2.75) is 13.0 Å². The molecule has 0 fully saturated rings. The molecule has 0 saturated heterocycles. The fourth-order valence-electron chi connectivity index (χ4n) is 2.39. The summed E-state index contributed by atoms with van der Waals surface area (Å²) in [4.78, 5) is 4.26. The summed E-state index contributed by atoms with van der Waals surface area (Å²) in [7, 11) is 1.81. The van der Waals surface area contributed by atoms with Gasteiger partial charge in [0.1, 0.15) is 17.2 Å². The van der Waals surface area contributed by atoms with E-state index in [-0.39, 0.29) is 5.52 Å². The molecule has 0 spiro atoms. The van der Waals surface area contributed by atoms with Crippen LogP contribution in [0.15, 0.2) is 24.5 Å². The summed E-state index contributed by atoms with van der Waals surface area (Å²) in [5.74, 6) is -0.288. The Morgan fingerprint density at radius 2 is 2.10 bits per heavy atom. The van der Waals surface area contributed by atoms with Crippen LogP contribution in [-0.2, 0) is 20.0 Å². The number of aryl methyl sites for hydroxylation is 2. The Balaban J connectivity index is 2.15. The van der Waals surface area contributed by atoms with Crippen molar-refractivity contribution in [3.63, 3.8) is 0 Å². The molecule has 0 amide bonds. The van der Waals surface area contributed by atoms with E-state index in [0.29, 0.717) is 30.2 Å². The molecule has 0 radical (unpaired) electrons. The molecule has 2 aromatic heterocycles. The van der Waals surface area contributed by atoms with E-state index in [1.165, 1.54) is 6.07 Å². The monoisotopic (exact) mass is 310 g/mol. The third kappa shape index (κ3) is 2.63. The van der Waals surface area contributed by atoms with Crippen LogP contribution in [0.2, 0.25) is 0 Å². The van der Waals surface area contributed by atoms with Gasteiger partial charge in [0.25, 0.3) is 0 Å². The number of imidazole rings is 1. The number of aromatic nitrogens is 4. The molecule has 0 aliphatic rings. The van der Waals surface area contributed by atoms with Crippen LogP contribution in [0.1, 0.15) is 11.4 Å². The maximum absolute atomic E-state index is 13.9. The molecule has 2 heterocycles. The number of hydrogen-bond acceptors (Lipinski definition) is 2. The van der Waals surface area contributed by atoms with E-state index in [4.69, 9.17) is 11.6 Å². The lowest BCUT2D eigenvalue weighted by atomic mass is 10.2. The maximum atomic E-state index is 13.9. The fourth-order valence-corrected chi connectivity index (χ4v) is 2.55. The van der Waals surface area contributed by atoms with Crippen molar-refractivity contribution in [2.75, 3.05) is 5.88 Å². The number of nitrogens with zero attached hydrogens (tertiary/aromatic N) is 4. The number of hydrogen-bond donors (Lipinski definition) is 0. The summed E-state index contributed by atoms with van der Waals surface area (Å²) in [6.07, 6.45) is 4.05. The van der Waals surface area contributed by atoms with Gasteiger partial charge < -0.3 is 4.57 Å². The van der Waals surface area contributed by atoms with E-state index in [1.807, 2.05) is 13.2 Å². The van der Waals surface area contributed by atoms with Gasteiger partial charge in [-0.2, -0.15) is 5.10 Å². The Labute approximate surface area is 125 Å². The van der Waals surface area contributed by atoms with Crippen LogP contribution in [-0.4, -0.2) is 25.2 Å². The zero-order valence-electron chi connectivity index (χ0n) is 11.4. The molecule has 0 unspecified atom stereocenters. The highest BCUT2D eigenvalue weighted by Gasteiger charge is 2.16. The van der Waals surface area contributed by atoms with Gasteiger partial charge in [0, 0.05) is 37.2 Å². The second-order valence-electron chi connectivity index (χ2n) is 4.83. The zero-order valence-corrected chi connectivity index (χ0v) is 12.1. The van der Waals surface area contributed by atoms with Gasteiger partial charge in [0.05, 0.1) is 18.3 Å². The summed E-state index contributed by atoms with van der Waals surface area (Å²) >= 11 is 5.78. The second kappa shape index (κ2) is 5.44. The van der Waals surface area contributed by atoms with Gasteiger partial charge in [-0.1, -0.05) is 0 Å². The molecule has 3 aromatic rings. The number of fused-ring (bicyclic) bond motifs is 1. The lowest BCUT2D eigenvalue weighted by molar-refractivity contribution is 0.590. The predicted octanol–water partition coefficient (Wildman–Crippen LogP) is 2.88. The minimum atomic E-state index is -0.661. The Morgan fingerprint density at radius 3 is 2.76 bits per heavy atom. The van der Waals surface area contributed by atoms with Crippen molar-refractivity contribution in [3.8, 4) is 0 Å². The van der Waals surface area contributed by atoms with Crippen molar-refractivity contribution in [1.82, 2.24) is 19.3 Å². The molecule has 110 valence electrons. The first-order valence-corrected chi connectivity index (χ1v) is 6.99. The first-order valence-electron chi connectivity index (χ1n) is 6.46. The van der Waals surface area contributed by atoms with E-state index in [1.54, 1.807) is 15.4 Å². The van der Waals surface area contributed by atoms with E-state index < -0.39 is 11.6 Å². The predicted molar refractivity (Wildman–Crippen MR) is 76.4 cm³/mol. The Hall–Kier alpha value is -1.95. The first-order chi connectivity index (χ1) is 10.1. The Kier molecular flexibility index (Phi) is 3.63. The smallest absolute Gasteiger partial charge is 0.153 e. The molecule has 0 saturated carbocycles. The lowest BCUT2D eigenvalue weighted by Crippen LogP contribution is -2.05. The summed E-state index contributed by atoms with van der Waals surface area (Å²) in [5.41, 5.74) is 1.52. The lowest BCUT2D eigenvalue weighted by Gasteiger charge is -2.07. The van der Waals surface area contributed by atoms with Crippen LogP contribution >= 0.6 is 11.6 Å². The van der Waals surface area contributed by atoms with E-state index in [0.717, 1.165) is 11.6 Å². The summed E-state index contributed by atoms with van der Waals surface area (Å²) in [5, 5.41) is 4.10. The highest BCUT2D eigenvalue weighted by atomic mass is 35.5. The topological polar surface area (TPSA) is 35.6 Å². The van der Waals surface area contributed by atoms with Gasteiger partial charge in [-0.3, -0.25) is 4.68 Å². The van der Waals surface area contributed by atoms with Crippen LogP contribution < -0.4 is 0 Å². The number of halogens is 3. The Bertz CT molecular complexity index is 794. The first kappa shape index (κ1) is 14.0. The maximum Gasteiger partial charge on any atom is 0.153 e. The summed E-state index contributed by atoms with van der Waals surface area (Å²) in [6.45, 7) is 0.444. The van der Waals surface area contributed by atoms with Crippen LogP contribution in [0.4, 0.5) is 8.78 Å². The molecule has 21 heavy (non-hydrogen) atoms. The van der Waals surface area contributed by atoms with Crippen LogP contribution in [0.3, 0.4) is 0 Å². The molecule has 3 rings (SSSR count). The third-order valence-electron chi connectivity index (χ3n) is 3.27. The van der Waals surface area contributed by atoms with Gasteiger partial charge >= 0.3 is 0 Å². The summed E-state index contributed by atoms with van der Waals surface area (Å²) < 4.78 is 30.8. The number of rotatable bonds is 4. The molecule has 4 nitrogen and oxygen atoms in total. The van der Waals surface area contributed by atoms with E-state index >= 15 is 0 Å². The molecular weight excluding hydrogens is 298 g/mol. The zero-order chi connectivity index (χ0) is 15.0. The van der Waals surface area contributed by atoms with Crippen molar-refractivity contribution < 1.29 is 8.78 Å². The minimum Gasteiger partial charge on any atom is -0.323 e. The molecule has 0 bridgehead atoms. The molecule has 0 aliphatic heterocycles. The van der Waals surface area contributed by atoms with Crippen molar-refractivity contribution >= 4 is 22.6 Å². The van der Waals surface area contributed by atoms with Gasteiger partial charge in [-0.25, -0.2) is 13.8 Å². The third-order valence-corrected chi connectivity index (χ3v) is 3.46. The van der Waals surface area contributed by atoms with Crippen LogP contribution in [0.5, 0.6) is 0 Å². The molecule has 1 aromatic carbocycles. The molecule has 0 N–H and O–H groups in total. The quantitative estimate of drug-likeness (QED) is 0.695. The average molecular weight is 311 g/mol. The summed E-state index contributed by atoms with van der Waals surface area (Å²) in [6, 6.07) is 2.13. The molecular formula is C14H13ClF2N4. The standard InChI is InChI=1S/C14H13ClF2N4/c1-20-7-9(6-18-20)8-21-12-5-10(16)4-11(17)14(12)19-13(21)2-3-15/h4-7H,2-3,8H2,1H3. The van der Waals surface area contributed by atoms with Gasteiger partial charge in [-0.05, 0) is 6.07 Å². The number of benzene rings is 1. The highest BCUT2D eigenvalue weighted by molar-refractivity contribution is 6.17. The van der Waals surface area contributed by atoms with Gasteiger partial charge in [0.2, 0.25) is 0 Å². The fraction of sp³-hybridized carbons (Fsp3) is 0.286. The Morgan fingerprint density at radius 1 is 1.29 bits per heavy atom. The SMILES string of the molecule is Cn1cc(Cn2c(CCCl)nc3c(F)cc(F)cc32)cn1. The van der Waals surface area contributed by atoms with Gasteiger partial charge in [0.15, 0.2) is 5.82 Å². The molecule has 7 heteroatoms. The average Bonchev–Trinajstić information content (AvgIpc) is 2.97. The normalized spacial score (nSPS) is 11.4. The van der Waals surface area contributed by atoms with Crippen molar-refractivity contribution in [2.24, 2.45) is 7.05 Å². The molecule has 0 atom stereocenters. The largest absolute Gasteiger partial charge is 0.323 e. The van der Waals surface area contributed by atoms with Crippen molar-refractivity contribution in [1.29, 1.82) is 0 Å². The van der Waals surface area contributed by atoms with E-state index in [9.17, 15) is 8.78 Å². The van der Waals surface area contributed by atoms with Crippen molar-refractivity contribution in [3.05, 3.63) is 47.5 Å². The minimum absolute atomic E-state index is 0.167. The number of alkyl halides is 1. The van der Waals surface area contributed by atoms with Gasteiger partial charge in [-0.15, -0.1) is 11.6 Å². The van der Waals surface area contributed by atoms with Crippen LogP contribution in [0, 0.1) is 11.6 Å². The molecule has 0 aliphatic carbocycles.